The van der Waals surface area contributed by atoms with Crippen molar-refractivity contribution < 1.29 is 9.18 Å². The van der Waals surface area contributed by atoms with E-state index in [1.807, 2.05) is 30.5 Å². The lowest BCUT2D eigenvalue weighted by Crippen LogP contribution is -2.13. The number of carbonyl (C=O) groups is 1. The number of nitrogens with one attached hydrogen (secondary N) is 2. The summed E-state index contributed by atoms with van der Waals surface area (Å²) in [7, 11) is 0. The molecule has 0 aliphatic rings. The molecule has 0 aliphatic heterocycles. The summed E-state index contributed by atoms with van der Waals surface area (Å²) in [5, 5.41) is 3.65. The number of rotatable bonds is 4. The molecule has 0 unspecified atom stereocenters. The van der Waals surface area contributed by atoms with E-state index in [-0.39, 0.29) is 23.0 Å². The Bertz CT molecular complexity index is 828. The monoisotopic (exact) mass is 316 g/mol. The Morgan fingerprint density at radius 3 is 2.86 bits per heavy atom. The molecule has 1 aromatic heterocycles. The molecule has 2 N–H and O–H groups in total. The fraction of sp³-hybridized carbons (Fsp3) is 0.118. The first-order valence-electron chi connectivity index (χ1n) is 6.94. The molecule has 3 aromatic rings. The number of hydrogen-bond donors (Lipinski definition) is 2. The highest BCUT2D eigenvalue weighted by atomic mass is 35.5. The maximum Gasteiger partial charge on any atom is 0.224 e. The Kier molecular flexibility index (Phi) is 4.11. The zero-order valence-electron chi connectivity index (χ0n) is 11.7. The zero-order chi connectivity index (χ0) is 15.5. The number of aryl methyl sites for hydroxylation is 1. The predicted octanol–water partition coefficient (Wildman–Crippen LogP) is 4.53. The van der Waals surface area contributed by atoms with Crippen molar-refractivity contribution in [1.29, 1.82) is 0 Å². The summed E-state index contributed by atoms with van der Waals surface area (Å²) in [4.78, 5) is 15.1. The molecular formula is C17H14ClFN2O. The topological polar surface area (TPSA) is 44.9 Å². The number of aromatic nitrogens is 1. The van der Waals surface area contributed by atoms with E-state index in [2.05, 4.69) is 10.3 Å². The van der Waals surface area contributed by atoms with E-state index in [1.165, 1.54) is 12.1 Å². The molecule has 0 radical (unpaired) electrons. The smallest absolute Gasteiger partial charge is 0.224 e. The number of anilines is 1. The second kappa shape index (κ2) is 6.20. The van der Waals surface area contributed by atoms with Crippen LogP contribution in [0.1, 0.15) is 12.0 Å². The Morgan fingerprint density at radius 2 is 2.00 bits per heavy atom. The molecule has 0 spiro atoms. The van der Waals surface area contributed by atoms with Crippen LogP contribution >= 0.6 is 11.6 Å². The Morgan fingerprint density at radius 1 is 1.18 bits per heavy atom. The number of para-hydroxylation sites is 1. The summed E-state index contributed by atoms with van der Waals surface area (Å²) in [5.41, 5.74) is 2.22. The van der Waals surface area contributed by atoms with E-state index in [4.69, 9.17) is 11.6 Å². The molecule has 0 bridgehead atoms. The molecule has 3 rings (SSSR count). The number of fused-ring (bicyclic) bond motifs is 1. The standard InChI is InChI=1S/C17H14ClFN2O/c18-13-5-3-7-15(17(13)19)21-16(22)9-8-11-10-20-14-6-2-1-4-12(11)14/h1-7,10,20H,8-9H2,(H,21,22). The fourth-order valence-electron chi connectivity index (χ4n) is 2.40. The van der Waals surface area contributed by atoms with Gasteiger partial charge in [0.2, 0.25) is 5.91 Å². The lowest BCUT2D eigenvalue weighted by atomic mass is 10.1. The number of benzene rings is 2. The van der Waals surface area contributed by atoms with Crippen molar-refractivity contribution >= 4 is 34.1 Å². The van der Waals surface area contributed by atoms with Gasteiger partial charge in [-0.25, -0.2) is 4.39 Å². The first kappa shape index (κ1) is 14.6. The van der Waals surface area contributed by atoms with Crippen LogP contribution in [0.5, 0.6) is 0 Å². The molecular weight excluding hydrogens is 303 g/mol. The van der Waals surface area contributed by atoms with Crippen LogP contribution in [0.4, 0.5) is 10.1 Å². The lowest BCUT2D eigenvalue weighted by molar-refractivity contribution is -0.116. The first-order valence-corrected chi connectivity index (χ1v) is 7.32. The fourth-order valence-corrected chi connectivity index (χ4v) is 2.57. The van der Waals surface area contributed by atoms with Crippen LogP contribution < -0.4 is 5.32 Å². The van der Waals surface area contributed by atoms with Gasteiger partial charge < -0.3 is 10.3 Å². The summed E-state index contributed by atoms with van der Waals surface area (Å²) < 4.78 is 13.7. The number of halogens is 2. The van der Waals surface area contributed by atoms with E-state index in [0.717, 1.165) is 16.5 Å². The van der Waals surface area contributed by atoms with E-state index < -0.39 is 5.82 Å². The van der Waals surface area contributed by atoms with Crippen molar-refractivity contribution in [2.75, 3.05) is 5.32 Å². The van der Waals surface area contributed by atoms with Crippen molar-refractivity contribution in [2.45, 2.75) is 12.8 Å². The molecule has 0 fully saturated rings. The highest BCUT2D eigenvalue weighted by molar-refractivity contribution is 6.31. The van der Waals surface area contributed by atoms with Gasteiger partial charge in [0, 0.05) is 23.5 Å². The van der Waals surface area contributed by atoms with Crippen LogP contribution in [0.3, 0.4) is 0 Å². The van der Waals surface area contributed by atoms with Gasteiger partial charge in [-0.05, 0) is 30.2 Å². The minimum atomic E-state index is -0.607. The average Bonchev–Trinajstić information content (AvgIpc) is 2.93. The third-order valence-corrected chi connectivity index (χ3v) is 3.81. The van der Waals surface area contributed by atoms with Crippen molar-refractivity contribution in [3.8, 4) is 0 Å². The molecule has 0 saturated carbocycles. The third-order valence-electron chi connectivity index (χ3n) is 3.52. The first-order chi connectivity index (χ1) is 10.6. The van der Waals surface area contributed by atoms with Gasteiger partial charge in [0.15, 0.2) is 5.82 Å². The largest absolute Gasteiger partial charge is 0.361 e. The summed E-state index contributed by atoms with van der Waals surface area (Å²) in [6.45, 7) is 0. The number of carbonyl (C=O) groups excluding carboxylic acids is 1. The predicted molar refractivity (Wildman–Crippen MR) is 86.7 cm³/mol. The van der Waals surface area contributed by atoms with E-state index >= 15 is 0 Å². The highest BCUT2D eigenvalue weighted by Gasteiger charge is 2.11. The van der Waals surface area contributed by atoms with Crippen LogP contribution in [0.2, 0.25) is 5.02 Å². The van der Waals surface area contributed by atoms with E-state index in [0.29, 0.717) is 6.42 Å². The van der Waals surface area contributed by atoms with Crippen molar-refractivity contribution in [3.05, 3.63) is 65.1 Å². The molecule has 1 amide bonds. The highest BCUT2D eigenvalue weighted by Crippen LogP contribution is 2.23. The summed E-state index contributed by atoms with van der Waals surface area (Å²) in [5.74, 6) is -0.851. The number of hydrogen-bond acceptors (Lipinski definition) is 1. The van der Waals surface area contributed by atoms with Gasteiger partial charge in [0.1, 0.15) is 0 Å². The lowest BCUT2D eigenvalue weighted by Gasteiger charge is -2.07. The summed E-state index contributed by atoms with van der Waals surface area (Å²) in [6.07, 6.45) is 2.75. The van der Waals surface area contributed by atoms with Crippen LogP contribution in [0.15, 0.2) is 48.7 Å². The molecule has 22 heavy (non-hydrogen) atoms. The van der Waals surface area contributed by atoms with Crippen LogP contribution in [0, 0.1) is 5.82 Å². The van der Waals surface area contributed by atoms with Gasteiger partial charge in [-0.1, -0.05) is 35.9 Å². The normalized spacial score (nSPS) is 10.8. The van der Waals surface area contributed by atoms with Gasteiger partial charge in [0.05, 0.1) is 10.7 Å². The Balaban J connectivity index is 1.66. The SMILES string of the molecule is O=C(CCc1c[nH]c2ccccc12)Nc1cccc(Cl)c1F. The molecule has 0 aliphatic carbocycles. The maximum absolute atomic E-state index is 13.7. The number of amides is 1. The van der Waals surface area contributed by atoms with Gasteiger partial charge in [-0.3, -0.25) is 4.79 Å². The quantitative estimate of drug-likeness (QED) is 0.729. The van der Waals surface area contributed by atoms with Crippen molar-refractivity contribution in [3.63, 3.8) is 0 Å². The van der Waals surface area contributed by atoms with E-state index in [9.17, 15) is 9.18 Å². The molecule has 112 valence electrons. The molecule has 0 saturated heterocycles. The minimum Gasteiger partial charge on any atom is -0.361 e. The average molecular weight is 317 g/mol. The molecule has 0 atom stereocenters. The molecule has 1 heterocycles. The van der Waals surface area contributed by atoms with Gasteiger partial charge in [0.25, 0.3) is 0 Å². The van der Waals surface area contributed by atoms with Gasteiger partial charge >= 0.3 is 0 Å². The maximum atomic E-state index is 13.7. The Hall–Kier alpha value is -2.33. The van der Waals surface area contributed by atoms with Crippen molar-refractivity contribution in [1.82, 2.24) is 4.98 Å². The van der Waals surface area contributed by atoms with Crippen LogP contribution in [-0.4, -0.2) is 10.9 Å². The molecule has 2 aromatic carbocycles. The molecule has 5 heteroatoms. The summed E-state index contributed by atoms with van der Waals surface area (Å²) >= 11 is 5.69. The van der Waals surface area contributed by atoms with Crippen LogP contribution in [-0.2, 0) is 11.2 Å². The second-order valence-corrected chi connectivity index (χ2v) is 5.42. The van der Waals surface area contributed by atoms with Crippen LogP contribution in [0.25, 0.3) is 10.9 Å². The summed E-state index contributed by atoms with van der Waals surface area (Å²) in [6, 6.07) is 12.4. The van der Waals surface area contributed by atoms with Gasteiger partial charge in [-0.2, -0.15) is 0 Å². The second-order valence-electron chi connectivity index (χ2n) is 5.01. The zero-order valence-corrected chi connectivity index (χ0v) is 12.5. The minimum absolute atomic E-state index is 0.00516. The number of aromatic amines is 1. The van der Waals surface area contributed by atoms with Gasteiger partial charge in [-0.15, -0.1) is 0 Å². The Labute approximate surface area is 132 Å². The third kappa shape index (κ3) is 2.97. The molecule has 3 nitrogen and oxygen atoms in total. The van der Waals surface area contributed by atoms with E-state index in [1.54, 1.807) is 6.07 Å². The van der Waals surface area contributed by atoms with Crippen molar-refractivity contribution in [2.24, 2.45) is 0 Å². The number of H-pyrrole nitrogens is 1.